The zero-order valence-corrected chi connectivity index (χ0v) is 14.4. The van der Waals surface area contributed by atoms with Crippen LogP contribution in [0, 0.1) is 28.4 Å². The van der Waals surface area contributed by atoms with Crippen LogP contribution in [-0.4, -0.2) is 16.7 Å². The number of nitriles is 1. The van der Waals surface area contributed by atoms with Crippen molar-refractivity contribution >= 4 is 23.6 Å². The molecule has 3 rings (SSSR count). The molecule has 2 heterocycles. The van der Waals surface area contributed by atoms with E-state index in [1.165, 1.54) is 25.1 Å². The third-order valence-corrected chi connectivity index (χ3v) is 4.20. The third kappa shape index (κ3) is 3.26. The molecule has 2 aromatic rings. The number of nitro benzene ring substituents is 1. The zero-order valence-electron chi connectivity index (χ0n) is 14.4. The lowest BCUT2D eigenvalue weighted by molar-refractivity contribution is -0.384. The summed E-state index contributed by atoms with van der Waals surface area (Å²) >= 11 is 0. The van der Waals surface area contributed by atoms with E-state index in [9.17, 15) is 19.7 Å². The molecule has 8 heteroatoms. The summed E-state index contributed by atoms with van der Waals surface area (Å²) in [6.45, 7) is 3.31. The fourth-order valence-electron chi connectivity index (χ4n) is 2.72. The van der Waals surface area contributed by atoms with Gasteiger partial charge in [-0.05, 0) is 43.2 Å². The second-order valence-corrected chi connectivity index (χ2v) is 5.91. The number of carbonyl (C=O) groups excluding carboxylic acids is 2. The van der Waals surface area contributed by atoms with Crippen molar-refractivity contribution in [1.82, 2.24) is 5.32 Å². The number of hydrogen-bond acceptors (Lipinski definition) is 6. The minimum Gasteiger partial charge on any atom is -0.457 e. The highest BCUT2D eigenvalue weighted by Gasteiger charge is 2.27. The lowest BCUT2D eigenvalue weighted by Crippen LogP contribution is -2.37. The molecule has 1 aromatic heterocycles. The van der Waals surface area contributed by atoms with E-state index in [0.29, 0.717) is 17.1 Å². The quantitative estimate of drug-likeness (QED) is 0.386. The fraction of sp³-hybridized carbons (Fsp3) is 0.105. The van der Waals surface area contributed by atoms with Gasteiger partial charge in [-0.15, -0.1) is 0 Å². The van der Waals surface area contributed by atoms with Crippen molar-refractivity contribution in [3.8, 4) is 17.4 Å². The molecule has 2 amide bonds. The van der Waals surface area contributed by atoms with Gasteiger partial charge in [-0.2, -0.15) is 5.26 Å². The topological polar surface area (TPSA) is 126 Å². The molecule has 8 nitrogen and oxygen atoms in total. The van der Waals surface area contributed by atoms with E-state index in [1.807, 2.05) is 0 Å². The number of amides is 2. The van der Waals surface area contributed by atoms with E-state index in [4.69, 9.17) is 9.68 Å². The Kier molecular flexibility index (Phi) is 4.44. The summed E-state index contributed by atoms with van der Waals surface area (Å²) in [5.74, 6) is -0.644. The number of aryl methyl sites for hydroxylation is 1. The SMILES string of the molecule is CC1=C(C#N)C(=O)NC(=O)/C1=C\c1ccc(-c2cc([N+](=O)[O-])ccc2C)o1. The maximum absolute atomic E-state index is 12.1. The summed E-state index contributed by atoms with van der Waals surface area (Å²) in [5, 5.41) is 22.2. The Labute approximate surface area is 153 Å². The van der Waals surface area contributed by atoms with Crippen LogP contribution in [0.5, 0.6) is 0 Å². The molecule has 0 atom stereocenters. The molecular formula is C19H13N3O5. The molecule has 0 saturated heterocycles. The Morgan fingerprint density at radius 1 is 1.19 bits per heavy atom. The summed E-state index contributed by atoms with van der Waals surface area (Å²) in [7, 11) is 0. The van der Waals surface area contributed by atoms with Gasteiger partial charge in [0.05, 0.1) is 4.92 Å². The molecule has 1 N–H and O–H groups in total. The van der Waals surface area contributed by atoms with Gasteiger partial charge in [0.1, 0.15) is 23.2 Å². The Morgan fingerprint density at radius 2 is 1.93 bits per heavy atom. The van der Waals surface area contributed by atoms with Gasteiger partial charge in [0.25, 0.3) is 17.5 Å². The largest absolute Gasteiger partial charge is 0.457 e. The first-order chi connectivity index (χ1) is 12.8. The van der Waals surface area contributed by atoms with Crippen LogP contribution in [0.4, 0.5) is 5.69 Å². The Balaban J connectivity index is 2.04. The number of benzene rings is 1. The maximum Gasteiger partial charge on any atom is 0.270 e. The third-order valence-electron chi connectivity index (χ3n) is 4.20. The van der Waals surface area contributed by atoms with Crippen molar-refractivity contribution in [3.63, 3.8) is 0 Å². The summed E-state index contributed by atoms with van der Waals surface area (Å²) < 4.78 is 5.71. The van der Waals surface area contributed by atoms with Crippen molar-refractivity contribution < 1.29 is 18.9 Å². The molecule has 0 radical (unpaired) electrons. The van der Waals surface area contributed by atoms with E-state index in [1.54, 1.807) is 31.2 Å². The number of furan rings is 1. The molecule has 0 unspecified atom stereocenters. The molecule has 0 saturated carbocycles. The molecule has 1 aliphatic rings. The van der Waals surface area contributed by atoms with Crippen LogP contribution in [0.1, 0.15) is 18.2 Å². The van der Waals surface area contributed by atoms with Gasteiger partial charge in [0.2, 0.25) is 0 Å². The lowest BCUT2D eigenvalue weighted by atomic mass is 9.96. The van der Waals surface area contributed by atoms with Gasteiger partial charge >= 0.3 is 0 Å². The van der Waals surface area contributed by atoms with Crippen LogP contribution in [0.2, 0.25) is 0 Å². The van der Waals surface area contributed by atoms with Crippen LogP contribution in [0.15, 0.2) is 51.5 Å². The molecule has 0 fully saturated rings. The highest BCUT2D eigenvalue weighted by atomic mass is 16.6. The van der Waals surface area contributed by atoms with Crippen LogP contribution >= 0.6 is 0 Å². The number of nitrogens with one attached hydrogen (secondary N) is 1. The molecule has 134 valence electrons. The normalized spacial score (nSPS) is 15.7. The van der Waals surface area contributed by atoms with Crippen LogP contribution in [-0.2, 0) is 9.59 Å². The second kappa shape index (κ2) is 6.72. The molecule has 1 aliphatic heterocycles. The summed E-state index contributed by atoms with van der Waals surface area (Å²) in [6, 6.07) is 9.46. The zero-order chi connectivity index (χ0) is 19.7. The first-order valence-electron chi connectivity index (χ1n) is 7.85. The van der Waals surface area contributed by atoms with Gasteiger partial charge in [0.15, 0.2) is 0 Å². The maximum atomic E-state index is 12.1. The molecule has 1 aromatic carbocycles. The highest BCUT2D eigenvalue weighted by Crippen LogP contribution is 2.30. The number of nitrogens with zero attached hydrogens (tertiary/aromatic N) is 2. The predicted molar refractivity (Wildman–Crippen MR) is 95.0 cm³/mol. The summed E-state index contributed by atoms with van der Waals surface area (Å²) in [5.41, 5.74) is 1.55. The minimum absolute atomic E-state index is 0.0606. The average Bonchev–Trinajstić information content (AvgIpc) is 3.07. The van der Waals surface area contributed by atoms with Gasteiger partial charge in [-0.25, -0.2) is 0 Å². The number of hydrogen-bond donors (Lipinski definition) is 1. The summed E-state index contributed by atoms with van der Waals surface area (Å²) in [6.07, 6.45) is 1.42. The van der Waals surface area contributed by atoms with Crippen molar-refractivity contribution in [2.24, 2.45) is 0 Å². The highest BCUT2D eigenvalue weighted by molar-refractivity contribution is 6.19. The Morgan fingerprint density at radius 3 is 2.59 bits per heavy atom. The number of nitro groups is 1. The van der Waals surface area contributed by atoms with E-state index in [0.717, 1.165) is 5.56 Å². The monoisotopic (exact) mass is 363 g/mol. The molecule has 0 bridgehead atoms. The van der Waals surface area contributed by atoms with Crippen molar-refractivity contribution in [3.05, 3.63) is 68.5 Å². The van der Waals surface area contributed by atoms with E-state index < -0.39 is 16.7 Å². The molecule has 0 aliphatic carbocycles. The van der Waals surface area contributed by atoms with E-state index in [-0.39, 0.29) is 22.4 Å². The van der Waals surface area contributed by atoms with E-state index >= 15 is 0 Å². The van der Waals surface area contributed by atoms with Gasteiger partial charge in [-0.1, -0.05) is 6.07 Å². The molecule has 27 heavy (non-hydrogen) atoms. The number of carbonyl (C=O) groups is 2. The smallest absolute Gasteiger partial charge is 0.270 e. The number of non-ortho nitro benzene ring substituents is 1. The van der Waals surface area contributed by atoms with Crippen molar-refractivity contribution in [2.45, 2.75) is 13.8 Å². The van der Waals surface area contributed by atoms with Gasteiger partial charge in [-0.3, -0.25) is 25.0 Å². The van der Waals surface area contributed by atoms with Gasteiger partial charge in [0, 0.05) is 23.3 Å². The van der Waals surface area contributed by atoms with Crippen LogP contribution in [0.3, 0.4) is 0 Å². The van der Waals surface area contributed by atoms with E-state index in [2.05, 4.69) is 5.32 Å². The Hall–Kier alpha value is -3.99. The number of rotatable bonds is 3. The van der Waals surface area contributed by atoms with Crippen molar-refractivity contribution in [2.75, 3.05) is 0 Å². The van der Waals surface area contributed by atoms with Gasteiger partial charge < -0.3 is 4.42 Å². The van der Waals surface area contributed by atoms with Crippen LogP contribution < -0.4 is 5.32 Å². The van der Waals surface area contributed by atoms with Crippen LogP contribution in [0.25, 0.3) is 17.4 Å². The average molecular weight is 363 g/mol. The lowest BCUT2D eigenvalue weighted by Gasteiger charge is -2.15. The fourth-order valence-corrected chi connectivity index (χ4v) is 2.72. The van der Waals surface area contributed by atoms with Crippen molar-refractivity contribution in [1.29, 1.82) is 5.26 Å². The number of imide groups is 1. The predicted octanol–water partition coefficient (Wildman–Crippen LogP) is 3.04. The first-order valence-corrected chi connectivity index (χ1v) is 7.85. The minimum atomic E-state index is -0.732. The summed E-state index contributed by atoms with van der Waals surface area (Å²) in [4.78, 5) is 34.2. The molecule has 0 spiro atoms. The first kappa shape index (κ1) is 17.8. The standard InChI is InChI=1S/C19H13N3O5/c1-10-3-4-12(22(25)26)7-14(10)17-6-5-13(27-17)8-15-11(2)16(9-20)19(24)21-18(15)23/h3-8H,1-2H3,(H,21,23,24)/b15-8-. The Bertz CT molecular complexity index is 1100. The second-order valence-electron chi connectivity index (χ2n) is 5.91. The molecular weight excluding hydrogens is 350 g/mol.